The Kier molecular flexibility index (Phi) is 11.0. The molecule has 0 saturated carbocycles. The van der Waals surface area contributed by atoms with Crippen molar-refractivity contribution in [3.05, 3.63) is 41.0 Å². The number of hydrogen-bond donors (Lipinski definition) is 2. The molecule has 1 aliphatic heterocycles. The third kappa shape index (κ3) is 8.03. The van der Waals surface area contributed by atoms with E-state index in [1.807, 2.05) is 12.1 Å². The number of ether oxygens (including phenoxy) is 5. The van der Waals surface area contributed by atoms with Crippen LogP contribution in [-0.2, 0) is 14.3 Å². The van der Waals surface area contributed by atoms with E-state index in [1.54, 1.807) is 12.1 Å². The summed E-state index contributed by atoms with van der Waals surface area (Å²) < 4.78 is 27.8. The quantitative estimate of drug-likeness (QED) is 0.246. The van der Waals surface area contributed by atoms with Crippen LogP contribution < -0.4 is 24.3 Å². The summed E-state index contributed by atoms with van der Waals surface area (Å²) in [4.78, 5) is 29.6. The van der Waals surface area contributed by atoms with Crippen LogP contribution in [0.4, 0.5) is 0 Å². The van der Waals surface area contributed by atoms with E-state index in [1.165, 1.54) is 21.1 Å². The second-order valence-corrected chi connectivity index (χ2v) is 11.6. The van der Waals surface area contributed by atoms with E-state index in [-0.39, 0.29) is 54.4 Å². The molecule has 1 heterocycles. The number of nitrogens with one attached hydrogen (secondary N) is 1. The standard InChI is InChI=1S/C32H45N3O8/c1-20(36)41-18-22-13-23(21-14-28(39-5)32(38)29(15-21)40-6)24-16-26-27(43-19-42-26)17-25(24)31(22)33-30(37)9-7-8-10-35(4)12-11-34(2)3/h14-17,22-23,31,38H,7-13,18-19H2,1-6H3,(H,33,37). The van der Waals surface area contributed by atoms with Gasteiger partial charge in [-0.1, -0.05) is 0 Å². The lowest BCUT2D eigenvalue weighted by molar-refractivity contribution is -0.142. The zero-order chi connectivity index (χ0) is 31.1. The van der Waals surface area contributed by atoms with E-state index in [9.17, 15) is 14.7 Å². The van der Waals surface area contributed by atoms with Gasteiger partial charge < -0.3 is 43.9 Å². The molecular weight excluding hydrogens is 554 g/mol. The number of esters is 1. The molecule has 1 aliphatic carbocycles. The van der Waals surface area contributed by atoms with Crippen LogP contribution in [0.25, 0.3) is 0 Å². The number of phenols is 1. The lowest BCUT2D eigenvalue weighted by Gasteiger charge is -2.39. The van der Waals surface area contributed by atoms with Crippen molar-refractivity contribution in [2.24, 2.45) is 5.92 Å². The average molecular weight is 600 g/mol. The fourth-order valence-corrected chi connectivity index (χ4v) is 5.77. The number of likely N-dealkylation sites (N-methyl/N-ethyl adjacent to an activating group) is 2. The number of unbranched alkanes of at least 4 members (excludes halogenated alkanes) is 1. The van der Waals surface area contributed by atoms with E-state index >= 15 is 0 Å². The number of hydrogen-bond acceptors (Lipinski definition) is 10. The lowest BCUT2D eigenvalue weighted by atomic mass is 9.71. The van der Waals surface area contributed by atoms with Gasteiger partial charge in [-0.15, -0.1) is 0 Å². The van der Waals surface area contributed by atoms with Crippen LogP contribution in [0.5, 0.6) is 28.7 Å². The van der Waals surface area contributed by atoms with E-state index < -0.39 is 6.04 Å². The predicted octanol–water partition coefficient (Wildman–Crippen LogP) is 3.67. The van der Waals surface area contributed by atoms with Gasteiger partial charge in [-0.2, -0.15) is 0 Å². The first-order valence-electron chi connectivity index (χ1n) is 14.8. The van der Waals surface area contributed by atoms with Crippen molar-refractivity contribution in [3.8, 4) is 28.7 Å². The van der Waals surface area contributed by atoms with Crippen molar-refractivity contribution in [3.63, 3.8) is 0 Å². The van der Waals surface area contributed by atoms with Crippen molar-refractivity contribution in [1.29, 1.82) is 0 Å². The van der Waals surface area contributed by atoms with Gasteiger partial charge in [0.2, 0.25) is 18.4 Å². The fraction of sp³-hybridized carbons (Fsp3) is 0.562. The molecule has 11 heteroatoms. The van der Waals surface area contributed by atoms with Crippen molar-refractivity contribution < 1.29 is 38.4 Å². The third-order valence-electron chi connectivity index (χ3n) is 8.14. The van der Waals surface area contributed by atoms with Gasteiger partial charge in [0.05, 0.1) is 26.9 Å². The SMILES string of the molecule is COc1cc(C2CC(COC(C)=O)C(NC(=O)CCCCN(C)CCN(C)C)c3cc4c(cc32)OCO4)cc(OC)c1O. The number of rotatable bonds is 14. The van der Waals surface area contributed by atoms with E-state index in [4.69, 9.17) is 23.7 Å². The first-order valence-corrected chi connectivity index (χ1v) is 14.8. The van der Waals surface area contributed by atoms with E-state index in [0.29, 0.717) is 24.3 Å². The smallest absolute Gasteiger partial charge is 0.302 e. The molecule has 3 unspecified atom stereocenters. The van der Waals surface area contributed by atoms with Crippen molar-refractivity contribution in [2.45, 2.75) is 44.6 Å². The first-order chi connectivity index (χ1) is 20.6. The molecular formula is C32H45N3O8. The predicted molar refractivity (Wildman–Crippen MR) is 161 cm³/mol. The summed E-state index contributed by atoms with van der Waals surface area (Å²) in [7, 11) is 9.20. The van der Waals surface area contributed by atoms with E-state index in [0.717, 1.165) is 49.2 Å². The highest BCUT2D eigenvalue weighted by molar-refractivity contribution is 5.77. The van der Waals surface area contributed by atoms with Gasteiger partial charge in [0.15, 0.2) is 23.0 Å². The van der Waals surface area contributed by atoms with Crippen LogP contribution >= 0.6 is 0 Å². The summed E-state index contributed by atoms with van der Waals surface area (Å²) in [5.41, 5.74) is 2.67. The number of aromatic hydroxyl groups is 1. The van der Waals surface area contributed by atoms with Gasteiger partial charge in [0.25, 0.3) is 0 Å². The van der Waals surface area contributed by atoms with Gasteiger partial charge in [-0.3, -0.25) is 9.59 Å². The first kappa shape index (κ1) is 32.2. The molecule has 0 saturated heterocycles. The Balaban J connectivity index is 1.60. The zero-order valence-corrected chi connectivity index (χ0v) is 26.1. The maximum atomic E-state index is 13.3. The van der Waals surface area contributed by atoms with Crippen LogP contribution in [0.2, 0.25) is 0 Å². The minimum atomic E-state index is -0.406. The molecule has 0 fully saturated rings. The van der Waals surface area contributed by atoms with Crippen molar-refractivity contribution >= 4 is 11.9 Å². The number of fused-ring (bicyclic) bond motifs is 2. The molecule has 2 aromatic carbocycles. The Hall–Kier alpha value is -3.70. The number of nitrogens with zero attached hydrogens (tertiary/aromatic N) is 2. The molecule has 1 amide bonds. The molecule has 2 aromatic rings. The Morgan fingerprint density at radius 1 is 0.953 bits per heavy atom. The molecule has 0 radical (unpaired) electrons. The largest absolute Gasteiger partial charge is 0.502 e. The van der Waals surface area contributed by atoms with Gasteiger partial charge in [-0.25, -0.2) is 0 Å². The lowest BCUT2D eigenvalue weighted by Crippen LogP contribution is -2.39. The molecule has 2 N–H and O–H groups in total. The second kappa shape index (κ2) is 14.7. The van der Waals surface area contributed by atoms with E-state index in [2.05, 4.69) is 36.3 Å². The Bertz CT molecular complexity index is 1260. The van der Waals surface area contributed by atoms with Gasteiger partial charge in [0, 0.05) is 38.3 Å². The Labute approximate surface area is 254 Å². The molecule has 0 spiro atoms. The third-order valence-corrected chi connectivity index (χ3v) is 8.14. The maximum Gasteiger partial charge on any atom is 0.302 e. The van der Waals surface area contributed by atoms with Crippen LogP contribution in [0.15, 0.2) is 24.3 Å². The Morgan fingerprint density at radius 2 is 1.60 bits per heavy atom. The number of amides is 1. The maximum absolute atomic E-state index is 13.3. The fourth-order valence-electron chi connectivity index (χ4n) is 5.77. The molecule has 0 aromatic heterocycles. The van der Waals surface area contributed by atoms with Crippen LogP contribution in [0, 0.1) is 5.92 Å². The van der Waals surface area contributed by atoms with Gasteiger partial charge in [-0.05, 0) is 87.9 Å². The summed E-state index contributed by atoms with van der Waals surface area (Å²) >= 11 is 0. The highest BCUT2D eigenvalue weighted by Crippen LogP contribution is 2.51. The molecule has 2 aliphatic rings. The molecule has 236 valence electrons. The summed E-state index contributed by atoms with van der Waals surface area (Å²) in [6, 6.07) is 7.04. The molecule has 4 rings (SSSR count). The van der Waals surface area contributed by atoms with Crippen molar-refractivity contribution in [1.82, 2.24) is 15.1 Å². The van der Waals surface area contributed by atoms with Gasteiger partial charge in [0.1, 0.15) is 0 Å². The van der Waals surface area contributed by atoms with Crippen LogP contribution in [0.3, 0.4) is 0 Å². The topological polar surface area (TPSA) is 119 Å². The van der Waals surface area contributed by atoms with Gasteiger partial charge >= 0.3 is 5.97 Å². The minimum Gasteiger partial charge on any atom is -0.502 e. The zero-order valence-electron chi connectivity index (χ0n) is 26.1. The van der Waals surface area contributed by atoms with Crippen LogP contribution in [0.1, 0.15) is 61.3 Å². The summed E-state index contributed by atoms with van der Waals surface area (Å²) in [6.45, 7) is 4.52. The Morgan fingerprint density at radius 3 is 2.21 bits per heavy atom. The highest BCUT2D eigenvalue weighted by Gasteiger charge is 2.39. The number of phenolic OH excluding ortho intramolecular Hbond substituents is 1. The monoisotopic (exact) mass is 599 g/mol. The normalized spacial score (nSPS) is 18.8. The summed E-state index contributed by atoms with van der Waals surface area (Å²) in [6.07, 6.45) is 2.64. The highest BCUT2D eigenvalue weighted by atomic mass is 16.7. The molecule has 11 nitrogen and oxygen atoms in total. The molecule has 3 atom stereocenters. The minimum absolute atomic E-state index is 0.0520. The average Bonchev–Trinajstić information content (AvgIpc) is 3.44. The second-order valence-electron chi connectivity index (χ2n) is 11.6. The number of carbonyl (C=O) groups is 2. The van der Waals surface area contributed by atoms with Crippen molar-refractivity contribution in [2.75, 3.05) is 68.4 Å². The molecule has 43 heavy (non-hydrogen) atoms. The molecule has 0 bridgehead atoms. The number of methoxy groups -OCH3 is 2. The number of benzene rings is 2. The number of carbonyl (C=O) groups excluding carboxylic acids is 2. The summed E-state index contributed by atoms with van der Waals surface area (Å²) in [5, 5.41) is 13.8. The summed E-state index contributed by atoms with van der Waals surface area (Å²) in [5.74, 6) is 0.865. The van der Waals surface area contributed by atoms with Crippen LogP contribution in [-0.4, -0.2) is 95.2 Å².